The lowest BCUT2D eigenvalue weighted by Gasteiger charge is -2.19. The maximum absolute atomic E-state index is 13.2. The summed E-state index contributed by atoms with van der Waals surface area (Å²) >= 11 is 0. The van der Waals surface area contributed by atoms with Crippen molar-refractivity contribution < 1.29 is 4.79 Å². The zero-order chi connectivity index (χ0) is 23.9. The third-order valence-electron chi connectivity index (χ3n) is 6.88. The average Bonchev–Trinajstić information content (AvgIpc) is 3.61. The summed E-state index contributed by atoms with van der Waals surface area (Å²) in [5.74, 6) is -0.314. The van der Waals surface area contributed by atoms with E-state index in [1.807, 2.05) is 41.2 Å². The number of amides is 1. The molecule has 1 fully saturated rings. The fourth-order valence-corrected chi connectivity index (χ4v) is 5.12. The van der Waals surface area contributed by atoms with Gasteiger partial charge in [0, 0.05) is 37.9 Å². The molecule has 6 rings (SSSR count). The summed E-state index contributed by atoms with van der Waals surface area (Å²) in [6.07, 6.45) is 10.1. The molecular weight excluding hydrogens is 440 g/mol. The smallest absolute Gasteiger partial charge is 0.238 e. The Balaban J connectivity index is 1.49. The first-order valence-electron chi connectivity index (χ1n) is 11.8. The molecule has 9 heteroatoms. The van der Waals surface area contributed by atoms with Crippen LogP contribution in [0.1, 0.15) is 60.0 Å². The molecule has 0 radical (unpaired) electrons. The third kappa shape index (κ3) is 3.77. The summed E-state index contributed by atoms with van der Waals surface area (Å²) in [4.78, 5) is 29.1. The van der Waals surface area contributed by atoms with Crippen molar-refractivity contribution in [3.8, 4) is 6.07 Å². The van der Waals surface area contributed by atoms with Crippen LogP contribution in [0, 0.1) is 11.3 Å². The molecule has 1 N–H and O–H groups in total. The van der Waals surface area contributed by atoms with Crippen molar-refractivity contribution in [1.82, 2.24) is 24.7 Å². The van der Waals surface area contributed by atoms with Gasteiger partial charge in [-0.3, -0.25) is 14.5 Å². The molecule has 9 nitrogen and oxygen atoms in total. The van der Waals surface area contributed by atoms with Crippen LogP contribution >= 0.6 is 0 Å². The van der Waals surface area contributed by atoms with E-state index in [2.05, 4.69) is 16.4 Å². The summed E-state index contributed by atoms with van der Waals surface area (Å²) < 4.78 is 2.00. The van der Waals surface area contributed by atoms with E-state index in [9.17, 15) is 10.1 Å². The Morgan fingerprint density at radius 1 is 1.23 bits per heavy atom. The predicted molar refractivity (Wildman–Crippen MR) is 131 cm³/mol. The van der Waals surface area contributed by atoms with E-state index < -0.39 is 5.92 Å². The number of pyridine rings is 1. The van der Waals surface area contributed by atoms with E-state index in [1.165, 1.54) is 12.8 Å². The molecule has 0 spiro atoms. The molecule has 1 saturated carbocycles. The van der Waals surface area contributed by atoms with Crippen LogP contribution < -0.4 is 10.2 Å². The van der Waals surface area contributed by atoms with Gasteiger partial charge >= 0.3 is 0 Å². The molecular formula is C26H24N8O. The monoisotopic (exact) mass is 464 g/mol. The van der Waals surface area contributed by atoms with Crippen LogP contribution in [0.15, 0.2) is 48.9 Å². The second-order valence-corrected chi connectivity index (χ2v) is 9.25. The molecule has 174 valence electrons. The van der Waals surface area contributed by atoms with E-state index in [4.69, 9.17) is 15.1 Å². The molecule has 0 bridgehead atoms. The summed E-state index contributed by atoms with van der Waals surface area (Å²) in [5, 5.41) is 18.0. The van der Waals surface area contributed by atoms with E-state index in [0.717, 1.165) is 29.4 Å². The van der Waals surface area contributed by atoms with Crippen molar-refractivity contribution in [3.05, 3.63) is 71.3 Å². The molecule has 4 heterocycles. The third-order valence-corrected chi connectivity index (χ3v) is 6.88. The quantitative estimate of drug-likeness (QED) is 0.476. The van der Waals surface area contributed by atoms with Gasteiger partial charge in [0.15, 0.2) is 5.65 Å². The van der Waals surface area contributed by atoms with Gasteiger partial charge in [-0.1, -0.05) is 18.9 Å². The first-order chi connectivity index (χ1) is 17.1. The van der Waals surface area contributed by atoms with Gasteiger partial charge in [0.05, 0.1) is 28.8 Å². The number of fused-ring (bicyclic) bond motifs is 2. The van der Waals surface area contributed by atoms with Gasteiger partial charge < -0.3 is 10.2 Å². The number of carbonyl (C=O) groups is 1. The normalized spacial score (nSPS) is 17.4. The maximum Gasteiger partial charge on any atom is 0.238 e. The molecule has 4 aromatic rings. The first-order valence-corrected chi connectivity index (χ1v) is 11.8. The SMILES string of the molecule is CN(Cc1cccnc1)c1nc(C2C(=O)Nc3ccc(C#N)cc32)c2cn(C3CCCC3)nc2n1. The second kappa shape index (κ2) is 8.47. The summed E-state index contributed by atoms with van der Waals surface area (Å²) in [6.45, 7) is 0.564. The topological polar surface area (TPSA) is 113 Å². The minimum atomic E-state index is -0.643. The summed E-state index contributed by atoms with van der Waals surface area (Å²) in [5.41, 5.74) is 4.18. The van der Waals surface area contributed by atoms with Gasteiger partial charge in [0.2, 0.25) is 11.9 Å². The van der Waals surface area contributed by atoms with Gasteiger partial charge in [0.25, 0.3) is 0 Å². The molecule has 2 aliphatic rings. The Kier molecular flexibility index (Phi) is 5.14. The average molecular weight is 465 g/mol. The van der Waals surface area contributed by atoms with Crippen molar-refractivity contribution in [3.63, 3.8) is 0 Å². The molecule has 0 saturated heterocycles. The lowest BCUT2D eigenvalue weighted by atomic mass is 9.94. The number of benzene rings is 1. The van der Waals surface area contributed by atoms with Crippen LogP contribution in [-0.4, -0.2) is 37.7 Å². The highest BCUT2D eigenvalue weighted by Crippen LogP contribution is 2.40. The highest BCUT2D eigenvalue weighted by molar-refractivity contribution is 6.06. The van der Waals surface area contributed by atoms with Gasteiger partial charge in [-0.25, -0.2) is 4.98 Å². The number of hydrogen-bond acceptors (Lipinski definition) is 7. The first kappa shape index (κ1) is 21.2. The fraction of sp³-hybridized carbons (Fsp3) is 0.308. The Morgan fingerprint density at radius 3 is 2.86 bits per heavy atom. The van der Waals surface area contributed by atoms with Crippen LogP contribution in [0.3, 0.4) is 0 Å². The summed E-state index contributed by atoms with van der Waals surface area (Å²) in [7, 11) is 1.92. The van der Waals surface area contributed by atoms with Crippen LogP contribution in [0.5, 0.6) is 0 Å². The van der Waals surface area contributed by atoms with E-state index in [-0.39, 0.29) is 5.91 Å². The highest BCUT2D eigenvalue weighted by Gasteiger charge is 2.36. The minimum Gasteiger partial charge on any atom is -0.339 e. The van der Waals surface area contributed by atoms with Crippen molar-refractivity contribution in [1.29, 1.82) is 5.26 Å². The van der Waals surface area contributed by atoms with E-state index in [0.29, 0.717) is 41.1 Å². The molecule has 1 aromatic carbocycles. The number of nitrogens with zero attached hydrogens (tertiary/aromatic N) is 7. The number of anilines is 2. The van der Waals surface area contributed by atoms with Crippen LogP contribution in [0.4, 0.5) is 11.6 Å². The maximum atomic E-state index is 13.2. The zero-order valence-electron chi connectivity index (χ0n) is 19.3. The summed E-state index contributed by atoms with van der Waals surface area (Å²) in [6, 6.07) is 11.7. The van der Waals surface area contributed by atoms with Crippen molar-refractivity contribution in [2.24, 2.45) is 0 Å². The van der Waals surface area contributed by atoms with Gasteiger partial charge in [-0.05, 0) is 48.2 Å². The molecule has 1 unspecified atom stereocenters. The van der Waals surface area contributed by atoms with Crippen molar-refractivity contribution >= 4 is 28.6 Å². The molecule has 3 aromatic heterocycles. The molecule has 1 amide bonds. The Hall–Kier alpha value is -4.32. The Bertz CT molecular complexity index is 1470. The number of aromatic nitrogens is 5. The zero-order valence-corrected chi connectivity index (χ0v) is 19.3. The fourth-order valence-electron chi connectivity index (χ4n) is 5.12. The van der Waals surface area contributed by atoms with E-state index in [1.54, 1.807) is 24.4 Å². The number of nitrogens with one attached hydrogen (secondary N) is 1. The van der Waals surface area contributed by atoms with Gasteiger partial charge in [-0.2, -0.15) is 15.3 Å². The molecule has 1 atom stereocenters. The lowest BCUT2D eigenvalue weighted by molar-refractivity contribution is -0.116. The Morgan fingerprint density at radius 2 is 2.09 bits per heavy atom. The van der Waals surface area contributed by atoms with Crippen molar-refractivity contribution in [2.75, 3.05) is 17.3 Å². The van der Waals surface area contributed by atoms with Crippen LogP contribution in [-0.2, 0) is 11.3 Å². The number of nitriles is 1. The second-order valence-electron chi connectivity index (χ2n) is 9.25. The lowest BCUT2D eigenvalue weighted by Crippen LogP contribution is -2.22. The minimum absolute atomic E-state index is 0.162. The number of hydrogen-bond donors (Lipinski definition) is 1. The molecule has 35 heavy (non-hydrogen) atoms. The molecule has 1 aliphatic heterocycles. The largest absolute Gasteiger partial charge is 0.339 e. The van der Waals surface area contributed by atoms with Gasteiger partial charge in [0.1, 0.15) is 5.92 Å². The number of rotatable bonds is 5. The highest BCUT2D eigenvalue weighted by atomic mass is 16.2. The Labute approximate surface area is 202 Å². The van der Waals surface area contributed by atoms with Gasteiger partial charge in [-0.15, -0.1) is 0 Å². The van der Waals surface area contributed by atoms with Crippen LogP contribution in [0.25, 0.3) is 11.0 Å². The van der Waals surface area contributed by atoms with E-state index >= 15 is 0 Å². The van der Waals surface area contributed by atoms with Crippen molar-refractivity contribution in [2.45, 2.75) is 44.2 Å². The number of carbonyl (C=O) groups excluding carboxylic acids is 1. The standard InChI is InChI=1S/C26H24N8O/c1-33(14-17-5-4-10-28-13-17)26-30-23(20-15-34(32-24(20)31-26)18-6-2-3-7-18)22-19-11-16(12-27)8-9-21(19)29-25(22)35/h4-5,8-11,13,15,18,22H,2-3,6-7,14H2,1H3,(H,29,35). The molecule has 1 aliphatic carbocycles. The van der Waals surface area contributed by atoms with Crippen LogP contribution in [0.2, 0.25) is 0 Å². The predicted octanol–water partition coefficient (Wildman–Crippen LogP) is 3.93.